The normalized spacial score (nSPS) is 18.4. The minimum absolute atomic E-state index is 0.116. The zero-order valence-electron chi connectivity index (χ0n) is 21.0. The molecular weight excluding hydrogens is 492 g/mol. The first-order valence-corrected chi connectivity index (χ1v) is 13.5. The summed E-state index contributed by atoms with van der Waals surface area (Å²) in [5.41, 5.74) is 1.87. The molecule has 12 heteroatoms. The van der Waals surface area contributed by atoms with Crippen molar-refractivity contribution >= 4 is 34.5 Å². The predicted octanol–water partition coefficient (Wildman–Crippen LogP) is 2.31. The van der Waals surface area contributed by atoms with Gasteiger partial charge in [-0.3, -0.25) is 19.2 Å². The quantitative estimate of drug-likeness (QED) is 0.532. The summed E-state index contributed by atoms with van der Waals surface area (Å²) in [6, 6.07) is 3.77. The van der Waals surface area contributed by atoms with Gasteiger partial charge >= 0.3 is 0 Å². The van der Waals surface area contributed by atoms with Crippen LogP contribution in [-0.2, 0) is 11.3 Å². The number of hydrogen-bond donors (Lipinski definition) is 2. The van der Waals surface area contributed by atoms with Crippen molar-refractivity contribution in [3.05, 3.63) is 41.3 Å². The number of ether oxygens (including phenoxy) is 1. The Bertz CT molecular complexity index is 1230. The molecule has 5 heterocycles. The number of nitrogens with one attached hydrogen (secondary N) is 2. The number of Topliss-reactive ketones (excluding diaryl/α,β-unsaturated/α-hetero) is 1. The average molecular weight is 525 g/mol. The van der Waals surface area contributed by atoms with E-state index >= 15 is 0 Å². The molecular formula is C25H32N8O3S. The summed E-state index contributed by atoms with van der Waals surface area (Å²) in [7, 11) is 2.13. The summed E-state index contributed by atoms with van der Waals surface area (Å²) in [6.45, 7) is 7.14. The van der Waals surface area contributed by atoms with Crippen molar-refractivity contribution in [1.82, 2.24) is 29.5 Å². The van der Waals surface area contributed by atoms with Gasteiger partial charge in [-0.25, -0.2) is 9.97 Å². The second kappa shape index (κ2) is 11.9. The molecule has 0 spiro atoms. The lowest BCUT2D eigenvalue weighted by Gasteiger charge is -2.32. The molecule has 3 aromatic rings. The fraction of sp³-hybridized carbons (Fsp3) is 0.480. The second-order valence-corrected chi connectivity index (χ2v) is 10.1. The maximum absolute atomic E-state index is 13.1. The van der Waals surface area contributed by atoms with E-state index in [0.29, 0.717) is 54.9 Å². The first-order valence-electron chi connectivity index (χ1n) is 12.6. The van der Waals surface area contributed by atoms with Gasteiger partial charge in [-0.05, 0) is 25.6 Å². The van der Waals surface area contributed by atoms with Crippen LogP contribution in [-0.4, -0.2) is 101 Å². The standard InChI is InChI=1S/C25H32N8O3S/c1-31-7-9-32(10-8-31)11-12-33-16-19-23(30-33)21(34)3-2-13-36-14-6-27-22-15-18(4-5-26-22)25-29-20(17-37-25)24(35)28-19/h4-5,15-17H,2-3,6-14H2,1H3,(H,26,27)(H,28,35). The smallest absolute Gasteiger partial charge is 0.275 e. The Morgan fingerprint density at radius 1 is 1.14 bits per heavy atom. The van der Waals surface area contributed by atoms with Crippen LogP contribution in [0, 0.1) is 0 Å². The zero-order valence-corrected chi connectivity index (χ0v) is 21.8. The van der Waals surface area contributed by atoms with Gasteiger partial charge in [-0.2, -0.15) is 5.10 Å². The molecule has 2 aliphatic heterocycles. The Balaban J connectivity index is 1.36. The van der Waals surface area contributed by atoms with Crippen LogP contribution in [0.2, 0.25) is 0 Å². The van der Waals surface area contributed by atoms with Gasteiger partial charge in [0.15, 0.2) is 11.5 Å². The Kier molecular flexibility index (Phi) is 8.19. The number of likely N-dealkylation sites (N-methyl/N-ethyl adjacent to an activating group) is 1. The number of thiazole rings is 1. The fourth-order valence-electron chi connectivity index (χ4n) is 4.31. The van der Waals surface area contributed by atoms with Crippen molar-refractivity contribution in [1.29, 1.82) is 0 Å². The Hall–Kier alpha value is -3.19. The van der Waals surface area contributed by atoms with Crippen molar-refractivity contribution in [3.63, 3.8) is 0 Å². The number of aromatic nitrogens is 4. The van der Waals surface area contributed by atoms with E-state index < -0.39 is 0 Å². The lowest BCUT2D eigenvalue weighted by atomic mass is 10.1. The number of carbonyl (C=O) groups excluding carboxylic acids is 2. The summed E-state index contributed by atoms with van der Waals surface area (Å²) < 4.78 is 7.45. The molecule has 2 N–H and O–H groups in total. The van der Waals surface area contributed by atoms with Gasteiger partial charge in [0, 0.05) is 75.6 Å². The minimum Gasteiger partial charge on any atom is -0.380 e. The van der Waals surface area contributed by atoms with E-state index in [4.69, 9.17) is 4.74 Å². The van der Waals surface area contributed by atoms with E-state index in [9.17, 15) is 9.59 Å². The predicted molar refractivity (Wildman–Crippen MR) is 142 cm³/mol. The van der Waals surface area contributed by atoms with E-state index in [1.165, 1.54) is 11.3 Å². The fourth-order valence-corrected chi connectivity index (χ4v) is 5.11. The van der Waals surface area contributed by atoms with Crippen LogP contribution in [0.15, 0.2) is 29.9 Å². The molecule has 1 fully saturated rings. The largest absolute Gasteiger partial charge is 0.380 e. The SMILES string of the molecule is CN1CCN(CCn2cc3c(n2)C(=O)CCCOCCNc2cc(ccn2)-c2nc(cs2)C(=O)N3)CC1. The molecule has 1 amide bonds. The Labute approximate surface area is 219 Å². The monoisotopic (exact) mass is 524 g/mol. The third kappa shape index (κ3) is 6.58. The van der Waals surface area contributed by atoms with Gasteiger partial charge in [0.25, 0.3) is 5.91 Å². The summed E-state index contributed by atoms with van der Waals surface area (Å²) in [6.07, 6.45) is 4.33. The van der Waals surface area contributed by atoms with Crippen LogP contribution >= 0.6 is 11.3 Å². The van der Waals surface area contributed by atoms with Gasteiger partial charge in [-0.1, -0.05) is 0 Å². The number of rotatable bonds is 3. The Morgan fingerprint density at radius 3 is 2.86 bits per heavy atom. The molecule has 2 aliphatic rings. The second-order valence-electron chi connectivity index (χ2n) is 9.29. The van der Waals surface area contributed by atoms with Crippen LogP contribution in [0.3, 0.4) is 0 Å². The number of hydrogen-bond acceptors (Lipinski definition) is 10. The van der Waals surface area contributed by atoms with Crippen LogP contribution in [0.25, 0.3) is 10.6 Å². The molecule has 0 aromatic carbocycles. The van der Waals surface area contributed by atoms with E-state index in [1.54, 1.807) is 22.5 Å². The molecule has 0 aliphatic carbocycles. The number of amides is 1. The van der Waals surface area contributed by atoms with Crippen LogP contribution in [0.1, 0.15) is 33.8 Å². The highest BCUT2D eigenvalue weighted by Gasteiger charge is 2.21. The van der Waals surface area contributed by atoms with Crippen molar-refractivity contribution in [2.24, 2.45) is 0 Å². The third-order valence-electron chi connectivity index (χ3n) is 6.50. The summed E-state index contributed by atoms with van der Waals surface area (Å²) in [4.78, 5) is 39.7. The molecule has 0 unspecified atom stereocenters. The first-order chi connectivity index (χ1) is 18.0. The molecule has 196 valence electrons. The highest BCUT2D eigenvalue weighted by atomic mass is 32.1. The maximum Gasteiger partial charge on any atom is 0.275 e. The van der Waals surface area contributed by atoms with Gasteiger partial charge in [-0.15, -0.1) is 11.3 Å². The number of ketones is 1. The van der Waals surface area contributed by atoms with Crippen LogP contribution in [0.5, 0.6) is 0 Å². The number of anilines is 2. The highest BCUT2D eigenvalue weighted by Crippen LogP contribution is 2.26. The van der Waals surface area contributed by atoms with E-state index in [1.807, 2.05) is 12.1 Å². The van der Waals surface area contributed by atoms with Gasteiger partial charge in [0.1, 0.15) is 16.5 Å². The van der Waals surface area contributed by atoms with Crippen molar-refractivity contribution in [2.75, 3.05) is 70.2 Å². The highest BCUT2D eigenvalue weighted by molar-refractivity contribution is 7.13. The van der Waals surface area contributed by atoms with Crippen molar-refractivity contribution < 1.29 is 14.3 Å². The van der Waals surface area contributed by atoms with E-state index in [0.717, 1.165) is 38.3 Å². The molecule has 0 radical (unpaired) electrons. The number of nitrogens with zero attached hydrogens (tertiary/aromatic N) is 6. The van der Waals surface area contributed by atoms with Gasteiger partial charge < -0.3 is 20.3 Å². The number of piperazine rings is 1. The van der Waals surface area contributed by atoms with E-state index in [-0.39, 0.29) is 23.8 Å². The molecule has 0 atom stereocenters. The molecule has 37 heavy (non-hydrogen) atoms. The maximum atomic E-state index is 13.1. The van der Waals surface area contributed by atoms with Gasteiger partial charge in [0.2, 0.25) is 0 Å². The summed E-state index contributed by atoms with van der Waals surface area (Å²) in [5.74, 6) is 0.230. The zero-order chi connectivity index (χ0) is 25.6. The Morgan fingerprint density at radius 2 is 2.00 bits per heavy atom. The van der Waals surface area contributed by atoms with Crippen molar-refractivity contribution in [3.8, 4) is 10.6 Å². The number of carbonyl (C=O) groups is 2. The first kappa shape index (κ1) is 25.5. The lowest BCUT2D eigenvalue weighted by Crippen LogP contribution is -2.45. The van der Waals surface area contributed by atoms with Crippen LogP contribution in [0.4, 0.5) is 11.5 Å². The third-order valence-corrected chi connectivity index (χ3v) is 7.40. The van der Waals surface area contributed by atoms with Gasteiger partial charge in [0.05, 0.1) is 18.8 Å². The van der Waals surface area contributed by atoms with Crippen molar-refractivity contribution in [2.45, 2.75) is 19.4 Å². The molecule has 3 aromatic heterocycles. The van der Waals surface area contributed by atoms with Crippen LogP contribution < -0.4 is 10.6 Å². The molecule has 5 rings (SSSR count). The summed E-state index contributed by atoms with van der Waals surface area (Å²) >= 11 is 1.38. The molecule has 0 saturated carbocycles. The average Bonchev–Trinajstić information content (AvgIpc) is 3.55. The lowest BCUT2D eigenvalue weighted by molar-refractivity contribution is 0.0940. The van der Waals surface area contributed by atoms with E-state index in [2.05, 4.69) is 42.5 Å². The molecule has 4 bridgehead atoms. The molecule has 1 saturated heterocycles. The topological polar surface area (TPSA) is 118 Å². The number of pyridine rings is 1. The summed E-state index contributed by atoms with van der Waals surface area (Å²) in [5, 5.41) is 13.1. The molecule has 11 nitrogen and oxygen atoms in total. The minimum atomic E-state index is -0.368. The number of fused-ring (bicyclic) bond motifs is 6.